The number of para-hydroxylation sites is 1. The lowest BCUT2D eigenvalue weighted by Crippen LogP contribution is -2.13. The maximum absolute atomic E-state index is 13.0. The summed E-state index contributed by atoms with van der Waals surface area (Å²) in [6, 6.07) is 5.88. The van der Waals surface area contributed by atoms with Gasteiger partial charge in [-0.25, -0.2) is 4.98 Å². The quantitative estimate of drug-likeness (QED) is 0.485. The van der Waals surface area contributed by atoms with Crippen molar-refractivity contribution in [3.8, 4) is 0 Å². The minimum Gasteiger partial charge on any atom is -0.337 e. The Morgan fingerprint density at radius 2 is 1.96 bits per heavy atom. The predicted octanol–water partition coefficient (Wildman–Crippen LogP) is 4.74. The van der Waals surface area contributed by atoms with E-state index in [0.717, 1.165) is 21.8 Å². The zero-order valence-electron chi connectivity index (χ0n) is 13.3. The molecule has 124 valence electrons. The van der Waals surface area contributed by atoms with Crippen molar-refractivity contribution in [2.75, 3.05) is 18.6 Å². The number of hydrogen-bond donors (Lipinski definition) is 1. The first kappa shape index (κ1) is 17.3. The summed E-state index contributed by atoms with van der Waals surface area (Å²) in [5.41, 5.74) is 2.54. The Labute approximate surface area is 153 Å². The van der Waals surface area contributed by atoms with Gasteiger partial charge in [-0.3, -0.25) is 4.98 Å². The Hall–Kier alpha value is -1.49. The highest BCUT2D eigenvalue weighted by atomic mass is 79.9. The lowest BCUT2D eigenvalue weighted by atomic mass is 10.1. The van der Waals surface area contributed by atoms with Crippen LogP contribution < -0.4 is 10.6 Å². The summed E-state index contributed by atoms with van der Waals surface area (Å²) >= 11 is 9.26. The van der Waals surface area contributed by atoms with Crippen LogP contribution in [0.1, 0.15) is 5.56 Å². The second kappa shape index (κ2) is 6.43. The molecule has 0 radical (unpaired) electrons. The van der Waals surface area contributed by atoms with Gasteiger partial charge >= 0.3 is 0 Å². The Morgan fingerprint density at radius 1 is 1.21 bits per heavy atom. The SMILES string of the molecule is Cc1cccc2c(P(C)(C)=O)c(Nc3nc(Cl)ncc3Br)cnc12. The van der Waals surface area contributed by atoms with Gasteiger partial charge in [-0.05, 0) is 53.3 Å². The van der Waals surface area contributed by atoms with E-state index in [1.165, 1.54) is 0 Å². The molecule has 8 heteroatoms. The van der Waals surface area contributed by atoms with Crippen LogP contribution in [0.25, 0.3) is 10.9 Å². The molecule has 0 aliphatic rings. The number of hydrogen-bond acceptors (Lipinski definition) is 5. The van der Waals surface area contributed by atoms with E-state index in [2.05, 4.69) is 36.2 Å². The van der Waals surface area contributed by atoms with E-state index in [-0.39, 0.29) is 5.28 Å². The number of aromatic nitrogens is 3. The number of nitrogens with zero attached hydrogens (tertiary/aromatic N) is 3. The average molecular weight is 426 g/mol. The number of nitrogens with one attached hydrogen (secondary N) is 1. The summed E-state index contributed by atoms with van der Waals surface area (Å²) in [6.07, 6.45) is 3.25. The molecule has 0 saturated heterocycles. The largest absolute Gasteiger partial charge is 0.337 e. The van der Waals surface area contributed by atoms with Crippen LogP contribution >= 0.6 is 34.7 Å². The van der Waals surface area contributed by atoms with Crippen molar-refractivity contribution in [3.63, 3.8) is 0 Å². The highest BCUT2D eigenvalue weighted by Gasteiger charge is 2.22. The molecule has 0 saturated carbocycles. The fourth-order valence-corrected chi connectivity index (χ4v) is 4.47. The molecule has 0 aliphatic heterocycles. The first-order chi connectivity index (χ1) is 11.3. The zero-order chi connectivity index (χ0) is 17.5. The third-order valence-electron chi connectivity index (χ3n) is 3.58. The fraction of sp³-hybridized carbons (Fsp3) is 0.188. The van der Waals surface area contributed by atoms with Crippen molar-refractivity contribution >= 4 is 62.4 Å². The maximum atomic E-state index is 13.0. The van der Waals surface area contributed by atoms with Crippen molar-refractivity contribution in [2.24, 2.45) is 0 Å². The van der Waals surface area contributed by atoms with Crippen LogP contribution in [0.3, 0.4) is 0 Å². The number of pyridine rings is 1. The molecular weight excluding hydrogens is 411 g/mol. The molecule has 0 fully saturated rings. The van der Waals surface area contributed by atoms with E-state index in [1.54, 1.807) is 25.7 Å². The highest BCUT2D eigenvalue weighted by molar-refractivity contribution is 9.10. The molecule has 3 aromatic rings. The molecule has 2 heterocycles. The molecule has 5 nitrogen and oxygen atoms in total. The minimum absolute atomic E-state index is 0.128. The van der Waals surface area contributed by atoms with Gasteiger partial charge in [0.2, 0.25) is 5.28 Å². The molecule has 0 aliphatic carbocycles. The first-order valence-corrected chi connectivity index (χ1v) is 10.9. The van der Waals surface area contributed by atoms with Crippen LogP contribution in [0.15, 0.2) is 35.1 Å². The third-order valence-corrected chi connectivity index (χ3v) is 5.90. The number of fused-ring (bicyclic) bond motifs is 1. The van der Waals surface area contributed by atoms with Gasteiger partial charge in [0.15, 0.2) is 0 Å². The molecule has 1 aromatic carbocycles. The number of rotatable bonds is 3. The van der Waals surface area contributed by atoms with Gasteiger partial charge in [-0.2, -0.15) is 4.98 Å². The van der Waals surface area contributed by atoms with Crippen molar-refractivity contribution in [3.05, 3.63) is 45.9 Å². The monoisotopic (exact) mass is 424 g/mol. The Morgan fingerprint density at radius 3 is 2.67 bits per heavy atom. The summed E-state index contributed by atoms with van der Waals surface area (Å²) in [7, 11) is -2.58. The van der Waals surface area contributed by atoms with Gasteiger partial charge in [0, 0.05) is 16.9 Å². The van der Waals surface area contributed by atoms with Gasteiger partial charge in [0.1, 0.15) is 13.0 Å². The summed E-state index contributed by atoms with van der Waals surface area (Å²) < 4.78 is 13.6. The van der Waals surface area contributed by atoms with E-state index < -0.39 is 7.14 Å². The van der Waals surface area contributed by atoms with Crippen molar-refractivity contribution < 1.29 is 4.57 Å². The van der Waals surface area contributed by atoms with E-state index in [4.69, 9.17) is 11.6 Å². The molecule has 3 rings (SSSR count). The van der Waals surface area contributed by atoms with Crippen LogP contribution in [-0.4, -0.2) is 28.3 Å². The molecule has 2 aromatic heterocycles. The van der Waals surface area contributed by atoms with Crippen molar-refractivity contribution in [1.29, 1.82) is 0 Å². The Kier molecular flexibility index (Phi) is 4.65. The lowest BCUT2D eigenvalue weighted by molar-refractivity contribution is 0.588. The molecule has 0 bridgehead atoms. The van der Waals surface area contributed by atoms with Gasteiger partial charge in [-0.1, -0.05) is 18.2 Å². The van der Waals surface area contributed by atoms with Gasteiger partial charge in [0.05, 0.1) is 21.9 Å². The van der Waals surface area contributed by atoms with Gasteiger partial charge < -0.3 is 9.88 Å². The molecular formula is C16H15BrClN4OP. The van der Waals surface area contributed by atoms with Crippen molar-refractivity contribution in [1.82, 2.24) is 15.0 Å². The van der Waals surface area contributed by atoms with Crippen LogP contribution in [0.2, 0.25) is 5.28 Å². The molecule has 0 amide bonds. The second-order valence-electron chi connectivity index (χ2n) is 5.80. The fourth-order valence-electron chi connectivity index (χ4n) is 2.59. The Bertz CT molecular complexity index is 989. The second-order valence-corrected chi connectivity index (χ2v) is 10.1. The van der Waals surface area contributed by atoms with Crippen molar-refractivity contribution in [2.45, 2.75) is 6.92 Å². The summed E-state index contributed by atoms with van der Waals surface area (Å²) in [5.74, 6) is 0.499. The van der Waals surface area contributed by atoms with E-state index in [1.807, 2.05) is 25.1 Å². The van der Waals surface area contributed by atoms with Crippen LogP contribution in [-0.2, 0) is 4.57 Å². The molecule has 0 atom stereocenters. The molecule has 1 N–H and O–H groups in total. The predicted molar refractivity (Wildman–Crippen MR) is 104 cm³/mol. The average Bonchev–Trinajstić information content (AvgIpc) is 2.49. The Balaban J connectivity index is 2.25. The van der Waals surface area contributed by atoms with E-state index >= 15 is 0 Å². The summed E-state index contributed by atoms with van der Waals surface area (Å²) in [4.78, 5) is 12.6. The minimum atomic E-state index is -2.58. The number of aryl methyl sites for hydroxylation is 1. The summed E-state index contributed by atoms with van der Waals surface area (Å²) in [6.45, 7) is 5.48. The normalized spacial score (nSPS) is 11.7. The molecule has 24 heavy (non-hydrogen) atoms. The van der Waals surface area contributed by atoms with Crippen LogP contribution in [0, 0.1) is 6.92 Å². The van der Waals surface area contributed by atoms with E-state index in [0.29, 0.717) is 16.0 Å². The standard InChI is InChI=1S/C16H15BrClN4OP/c1-9-5-4-6-10-13(9)19-8-12(14(10)24(2,3)23)21-15-11(17)7-20-16(18)22-15/h4-8H,1-3H3,(H,20,21,22). The lowest BCUT2D eigenvalue weighted by Gasteiger charge is -2.18. The third kappa shape index (κ3) is 3.32. The number of anilines is 2. The topological polar surface area (TPSA) is 67.8 Å². The smallest absolute Gasteiger partial charge is 0.224 e. The molecule has 0 unspecified atom stereocenters. The maximum Gasteiger partial charge on any atom is 0.224 e. The summed E-state index contributed by atoms with van der Waals surface area (Å²) in [5, 5.41) is 4.94. The van der Waals surface area contributed by atoms with Crippen LogP contribution in [0.4, 0.5) is 11.5 Å². The van der Waals surface area contributed by atoms with Crippen LogP contribution in [0.5, 0.6) is 0 Å². The zero-order valence-corrected chi connectivity index (χ0v) is 16.6. The molecule has 0 spiro atoms. The van der Waals surface area contributed by atoms with E-state index in [9.17, 15) is 4.57 Å². The number of benzene rings is 1. The first-order valence-electron chi connectivity index (χ1n) is 7.16. The number of halogens is 2. The van der Waals surface area contributed by atoms with Gasteiger partial charge in [-0.15, -0.1) is 0 Å². The van der Waals surface area contributed by atoms with Gasteiger partial charge in [0.25, 0.3) is 0 Å². The highest BCUT2D eigenvalue weighted by Crippen LogP contribution is 2.41.